The first-order valence-corrected chi connectivity index (χ1v) is 7.22. The van der Waals surface area contributed by atoms with Crippen molar-refractivity contribution in [1.82, 2.24) is 4.98 Å². The van der Waals surface area contributed by atoms with Crippen LogP contribution in [0.1, 0.15) is 48.9 Å². The van der Waals surface area contributed by atoms with Gasteiger partial charge in [0.05, 0.1) is 5.56 Å². The summed E-state index contributed by atoms with van der Waals surface area (Å²) in [5.74, 6) is 0.843. The van der Waals surface area contributed by atoms with Crippen molar-refractivity contribution in [3.63, 3.8) is 0 Å². The molecule has 1 N–H and O–H groups in total. The third-order valence-corrected chi connectivity index (χ3v) is 4.53. The molecular formula is C15H20N2O2. The van der Waals surface area contributed by atoms with Gasteiger partial charge in [0.25, 0.3) is 0 Å². The molecule has 1 aliphatic carbocycles. The van der Waals surface area contributed by atoms with Crippen molar-refractivity contribution in [3.8, 4) is 0 Å². The minimum atomic E-state index is -0.909. The van der Waals surface area contributed by atoms with Crippen molar-refractivity contribution in [2.24, 2.45) is 5.92 Å². The number of hydrogen-bond donors (Lipinski definition) is 1. The predicted molar refractivity (Wildman–Crippen MR) is 73.5 cm³/mol. The molecule has 2 heterocycles. The third-order valence-electron chi connectivity index (χ3n) is 4.53. The van der Waals surface area contributed by atoms with E-state index in [0.717, 1.165) is 18.3 Å². The van der Waals surface area contributed by atoms with Crippen molar-refractivity contribution < 1.29 is 9.90 Å². The number of carboxylic acid groups (broad SMARTS) is 1. The SMILES string of the molecule is O=C(O)c1ccc(N2CCCC2C2CCCC2)nc1. The average Bonchev–Trinajstić information content (AvgIpc) is 3.09. The maximum atomic E-state index is 10.9. The van der Waals surface area contributed by atoms with Crippen molar-refractivity contribution in [1.29, 1.82) is 0 Å². The third kappa shape index (κ3) is 2.44. The quantitative estimate of drug-likeness (QED) is 0.907. The van der Waals surface area contributed by atoms with E-state index in [2.05, 4.69) is 9.88 Å². The van der Waals surface area contributed by atoms with E-state index in [4.69, 9.17) is 5.11 Å². The maximum absolute atomic E-state index is 10.9. The fourth-order valence-electron chi connectivity index (χ4n) is 3.59. The molecule has 19 heavy (non-hydrogen) atoms. The van der Waals surface area contributed by atoms with Crippen LogP contribution in [0.25, 0.3) is 0 Å². The minimum Gasteiger partial charge on any atom is -0.478 e. The summed E-state index contributed by atoms with van der Waals surface area (Å²) in [5, 5.41) is 8.91. The van der Waals surface area contributed by atoms with Crippen molar-refractivity contribution in [2.45, 2.75) is 44.6 Å². The summed E-state index contributed by atoms with van der Waals surface area (Å²) in [4.78, 5) is 17.6. The van der Waals surface area contributed by atoms with Crippen LogP contribution < -0.4 is 4.90 Å². The predicted octanol–water partition coefficient (Wildman–Crippen LogP) is 2.94. The zero-order valence-corrected chi connectivity index (χ0v) is 11.1. The molecule has 1 aromatic rings. The molecule has 4 nitrogen and oxygen atoms in total. The molecule has 0 spiro atoms. The van der Waals surface area contributed by atoms with E-state index >= 15 is 0 Å². The maximum Gasteiger partial charge on any atom is 0.337 e. The Labute approximate surface area is 113 Å². The molecule has 2 fully saturated rings. The van der Waals surface area contributed by atoms with Crippen molar-refractivity contribution in [3.05, 3.63) is 23.9 Å². The number of carboxylic acids is 1. The van der Waals surface area contributed by atoms with Crippen LogP contribution in [0.15, 0.2) is 18.3 Å². The van der Waals surface area contributed by atoms with E-state index in [9.17, 15) is 4.79 Å². The van der Waals surface area contributed by atoms with Gasteiger partial charge in [-0.1, -0.05) is 12.8 Å². The number of carbonyl (C=O) groups is 1. The summed E-state index contributed by atoms with van der Waals surface area (Å²) in [6, 6.07) is 4.14. The fraction of sp³-hybridized carbons (Fsp3) is 0.600. The first-order valence-electron chi connectivity index (χ1n) is 7.22. The van der Waals surface area contributed by atoms with Crippen LogP contribution in [0.5, 0.6) is 0 Å². The van der Waals surface area contributed by atoms with Gasteiger partial charge in [0.2, 0.25) is 0 Å². The second kappa shape index (κ2) is 5.19. The summed E-state index contributed by atoms with van der Waals surface area (Å²) < 4.78 is 0. The van der Waals surface area contributed by atoms with E-state index in [1.807, 2.05) is 6.07 Å². The van der Waals surface area contributed by atoms with E-state index in [1.54, 1.807) is 6.07 Å². The average molecular weight is 260 g/mol. The molecule has 1 saturated carbocycles. The van der Waals surface area contributed by atoms with E-state index in [0.29, 0.717) is 6.04 Å². The Morgan fingerprint density at radius 3 is 2.63 bits per heavy atom. The molecule has 2 aliphatic rings. The van der Waals surface area contributed by atoms with Crippen LogP contribution in [-0.2, 0) is 0 Å². The largest absolute Gasteiger partial charge is 0.478 e. The lowest BCUT2D eigenvalue weighted by atomic mass is 9.96. The Kier molecular flexibility index (Phi) is 3.40. The van der Waals surface area contributed by atoms with Crippen LogP contribution in [0.2, 0.25) is 0 Å². The fourth-order valence-corrected chi connectivity index (χ4v) is 3.59. The highest BCUT2D eigenvalue weighted by Gasteiger charge is 2.33. The number of nitrogens with zero attached hydrogens (tertiary/aromatic N) is 2. The molecule has 1 aromatic heterocycles. The van der Waals surface area contributed by atoms with Crippen LogP contribution in [0.4, 0.5) is 5.82 Å². The van der Waals surface area contributed by atoms with Crippen LogP contribution in [0, 0.1) is 5.92 Å². The number of hydrogen-bond acceptors (Lipinski definition) is 3. The molecular weight excluding hydrogens is 240 g/mol. The number of anilines is 1. The lowest BCUT2D eigenvalue weighted by molar-refractivity contribution is 0.0696. The van der Waals surface area contributed by atoms with Gasteiger partial charge < -0.3 is 10.0 Å². The minimum absolute atomic E-state index is 0.264. The van der Waals surface area contributed by atoms with Gasteiger partial charge in [-0.25, -0.2) is 9.78 Å². The first kappa shape index (κ1) is 12.5. The van der Waals surface area contributed by atoms with Crippen LogP contribution in [-0.4, -0.2) is 28.6 Å². The van der Waals surface area contributed by atoms with Crippen molar-refractivity contribution >= 4 is 11.8 Å². The molecule has 1 unspecified atom stereocenters. The van der Waals surface area contributed by atoms with Gasteiger partial charge in [0, 0.05) is 18.8 Å². The normalized spacial score (nSPS) is 24.0. The van der Waals surface area contributed by atoms with Gasteiger partial charge in [-0.2, -0.15) is 0 Å². The van der Waals surface area contributed by atoms with Gasteiger partial charge in [0.1, 0.15) is 5.82 Å². The van der Waals surface area contributed by atoms with E-state index < -0.39 is 5.97 Å². The molecule has 3 rings (SSSR count). The van der Waals surface area contributed by atoms with Gasteiger partial charge in [-0.15, -0.1) is 0 Å². The second-order valence-corrected chi connectivity index (χ2v) is 5.66. The second-order valence-electron chi connectivity index (χ2n) is 5.66. The van der Waals surface area contributed by atoms with Gasteiger partial charge in [-0.3, -0.25) is 0 Å². The zero-order chi connectivity index (χ0) is 13.2. The number of aromatic nitrogens is 1. The molecule has 4 heteroatoms. The van der Waals surface area contributed by atoms with Crippen LogP contribution >= 0.6 is 0 Å². The zero-order valence-electron chi connectivity index (χ0n) is 11.1. The Bertz CT molecular complexity index is 452. The summed E-state index contributed by atoms with van der Waals surface area (Å²) in [5.41, 5.74) is 0.264. The Balaban J connectivity index is 1.78. The van der Waals surface area contributed by atoms with Gasteiger partial charge in [0.15, 0.2) is 0 Å². The molecule has 1 aliphatic heterocycles. The highest BCUT2D eigenvalue weighted by atomic mass is 16.4. The smallest absolute Gasteiger partial charge is 0.337 e. The van der Waals surface area contributed by atoms with Crippen LogP contribution in [0.3, 0.4) is 0 Å². The Morgan fingerprint density at radius 2 is 2.00 bits per heavy atom. The Morgan fingerprint density at radius 1 is 1.21 bits per heavy atom. The number of aromatic carboxylic acids is 1. The number of pyridine rings is 1. The number of rotatable bonds is 3. The van der Waals surface area contributed by atoms with E-state index in [-0.39, 0.29) is 5.56 Å². The first-order chi connectivity index (χ1) is 9.25. The van der Waals surface area contributed by atoms with Gasteiger partial charge >= 0.3 is 5.97 Å². The topological polar surface area (TPSA) is 53.4 Å². The summed E-state index contributed by atoms with van der Waals surface area (Å²) in [6.45, 7) is 1.06. The standard InChI is InChI=1S/C15H20N2O2/c18-15(19)12-7-8-14(16-10-12)17-9-3-6-13(17)11-4-1-2-5-11/h7-8,10-11,13H,1-6,9H2,(H,18,19). The van der Waals surface area contributed by atoms with Gasteiger partial charge in [-0.05, 0) is 43.7 Å². The molecule has 0 radical (unpaired) electrons. The molecule has 1 atom stereocenters. The summed E-state index contributed by atoms with van der Waals surface area (Å²) >= 11 is 0. The summed E-state index contributed by atoms with van der Waals surface area (Å²) in [7, 11) is 0. The summed E-state index contributed by atoms with van der Waals surface area (Å²) in [6.07, 6.45) is 9.36. The monoisotopic (exact) mass is 260 g/mol. The van der Waals surface area contributed by atoms with E-state index in [1.165, 1.54) is 44.7 Å². The lowest BCUT2D eigenvalue weighted by Gasteiger charge is -2.30. The van der Waals surface area contributed by atoms with Crippen molar-refractivity contribution in [2.75, 3.05) is 11.4 Å². The molecule has 102 valence electrons. The highest BCUT2D eigenvalue weighted by Crippen LogP contribution is 2.37. The molecule has 1 saturated heterocycles. The lowest BCUT2D eigenvalue weighted by Crippen LogP contribution is -2.35. The highest BCUT2D eigenvalue weighted by molar-refractivity contribution is 5.87. The Hall–Kier alpha value is -1.58. The molecule has 0 amide bonds. The molecule has 0 bridgehead atoms. The molecule has 0 aromatic carbocycles.